The van der Waals surface area contributed by atoms with Gasteiger partial charge >= 0.3 is 0 Å². The van der Waals surface area contributed by atoms with Crippen LogP contribution in [0.25, 0.3) is 93.6 Å². The molecule has 3 nitrogen and oxygen atoms in total. The topological polar surface area (TPSA) is 19.6 Å². The summed E-state index contributed by atoms with van der Waals surface area (Å²) in [6.45, 7) is 0. The number of benzene rings is 10. The van der Waals surface area contributed by atoms with Crippen molar-refractivity contribution < 1.29 is 4.42 Å². The average Bonchev–Trinajstić information content (AvgIpc) is 4.15. The van der Waals surface area contributed by atoms with Crippen LogP contribution in [-0.2, 0) is 0 Å². The Labute approximate surface area is 391 Å². The first kappa shape index (κ1) is 37.6. The maximum Gasteiger partial charge on any atom is 0.159 e. The van der Waals surface area contributed by atoms with E-state index in [0.717, 1.165) is 61.6 Å². The lowest BCUT2D eigenvalue weighted by atomic mass is 10.00. The second-order valence-corrected chi connectivity index (χ2v) is 20.1. The van der Waals surface area contributed by atoms with Crippen LogP contribution < -0.4 is 9.80 Å². The summed E-state index contributed by atoms with van der Waals surface area (Å²) in [4.78, 5) is 4.79. The molecular formula is C60H36N2OS3. The van der Waals surface area contributed by atoms with Crippen LogP contribution in [0.1, 0.15) is 0 Å². The summed E-state index contributed by atoms with van der Waals surface area (Å²) in [5.41, 5.74) is 10.3. The third kappa shape index (κ3) is 6.00. The standard InChI is InChI=1S/C60H36N2OS3/c1-3-13-39(14-4-1)61(41-25-29-58-49(33-41)45-18-8-11-21-55(45)65-58)43-35-51-47-31-37(38-24-28-57-48(32-38)44-17-7-10-20-54(44)64-57)23-27-53(47)63-60(51)52(36-43)62(40-15-5-2-6-16-40)42-26-30-59-50(34-42)46-19-9-12-22-56(46)66-59/h1-36H. The fourth-order valence-corrected chi connectivity index (χ4v) is 13.2. The Kier molecular flexibility index (Phi) is 8.50. The van der Waals surface area contributed by atoms with Crippen molar-refractivity contribution in [3.8, 4) is 11.1 Å². The van der Waals surface area contributed by atoms with E-state index in [2.05, 4.69) is 228 Å². The van der Waals surface area contributed by atoms with E-state index in [1.54, 1.807) is 0 Å². The summed E-state index contributed by atoms with van der Waals surface area (Å²) in [6.07, 6.45) is 0. The molecule has 66 heavy (non-hydrogen) atoms. The second kappa shape index (κ2) is 14.9. The molecular weight excluding hydrogens is 861 g/mol. The van der Waals surface area contributed by atoms with Crippen molar-refractivity contribution in [3.05, 3.63) is 218 Å². The number of para-hydroxylation sites is 2. The number of anilines is 6. The summed E-state index contributed by atoms with van der Waals surface area (Å²) >= 11 is 5.54. The third-order valence-corrected chi connectivity index (χ3v) is 16.5. The van der Waals surface area contributed by atoms with Crippen LogP contribution in [0.15, 0.2) is 223 Å². The Bertz CT molecular complexity index is 4200. The van der Waals surface area contributed by atoms with Crippen LogP contribution in [0.5, 0.6) is 0 Å². The number of hydrogen-bond acceptors (Lipinski definition) is 6. The molecule has 4 heterocycles. The predicted octanol–water partition coefficient (Wildman–Crippen LogP) is 19.3. The smallest absolute Gasteiger partial charge is 0.159 e. The number of fused-ring (bicyclic) bond motifs is 12. The van der Waals surface area contributed by atoms with Crippen molar-refractivity contribution in [2.75, 3.05) is 9.80 Å². The van der Waals surface area contributed by atoms with Gasteiger partial charge in [-0.25, -0.2) is 0 Å². The molecule has 0 amide bonds. The molecule has 0 saturated heterocycles. The highest BCUT2D eigenvalue weighted by Crippen LogP contribution is 2.49. The van der Waals surface area contributed by atoms with Gasteiger partial charge in [-0.15, -0.1) is 34.0 Å². The summed E-state index contributed by atoms with van der Waals surface area (Å²) in [5.74, 6) is 0. The number of rotatable bonds is 7. The molecule has 0 bridgehead atoms. The van der Waals surface area contributed by atoms with Gasteiger partial charge in [0.25, 0.3) is 0 Å². The largest absolute Gasteiger partial charge is 0.454 e. The molecule has 0 aliphatic rings. The summed E-state index contributed by atoms with van der Waals surface area (Å²) in [5, 5.41) is 9.75. The van der Waals surface area contributed by atoms with Crippen LogP contribution >= 0.6 is 34.0 Å². The Morgan fingerprint density at radius 1 is 0.273 bits per heavy atom. The summed E-state index contributed by atoms with van der Waals surface area (Å²) in [6, 6.07) is 79.8. The van der Waals surface area contributed by atoms with Crippen molar-refractivity contribution >= 4 is 151 Å². The van der Waals surface area contributed by atoms with E-state index in [0.29, 0.717) is 0 Å². The lowest BCUT2D eigenvalue weighted by Crippen LogP contribution is -2.13. The number of thiophene rings is 3. The molecule has 0 saturated carbocycles. The first-order valence-electron chi connectivity index (χ1n) is 22.1. The van der Waals surface area contributed by atoms with Crippen molar-refractivity contribution in [2.45, 2.75) is 0 Å². The van der Waals surface area contributed by atoms with Crippen molar-refractivity contribution in [1.29, 1.82) is 0 Å². The minimum Gasteiger partial charge on any atom is -0.454 e. The Hall–Kier alpha value is -7.74. The molecule has 6 heteroatoms. The molecule has 0 unspecified atom stereocenters. The molecule has 310 valence electrons. The summed E-state index contributed by atoms with van der Waals surface area (Å²) < 4.78 is 14.9. The second-order valence-electron chi connectivity index (χ2n) is 16.9. The van der Waals surface area contributed by atoms with E-state index in [-0.39, 0.29) is 0 Å². The molecule has 0 radical (unpaired) electrons. The van der Waals surface area contributed by atoms with Gasteiger partial charge in [0.15, 0.2) is 5.58 Å². The number of hydrogen-bond donors (Lipinski definition) is 0. The third-order valence-electron chi connectivity index (χ3n) is 13.0. The molecule has 0 atom stereocenters. The quantitative estimate of drug-likeness (QED) is 0.159. The fourth-order valence-electron chi connectivity index (χ4n) is 9.96. The highest BCUT2D eigenvalue weighted by Gasteiger charge is 2.25. The zero-order valence-electron chi connectivity index (χ0n) is 35.3. The molecule has 0 fully saturated rings. The molecule has 0 aliphatic heterocycles. The van der Waals surface area contributed by atoms with E-state index >= 15 is 0 Å². The molecule has 0 aliphatic carbocycles. The lowest BCUT2D eigenvalue weighted by Gasteiger charge is -2.29. The van der Waals surface area contributed by atoms with E-state index in [9.17, 15) is 0 Å². The first-order valence-corrected chi connectivity index (χ1v) is 24.6. The number of nitrogens with zero attached hydrogens (tertiary/aromatic N) is 2. The van der Waals surface area contributed by atoms with Gasteiger partial charge in [-0.3, -0.25) is 0 Å². The monoisotopic (exact) mass is 896 g/mol. The Morgan fingerprint density at radius 2 is 0.697 bits per heavy atom. The van der Waals surface area contributed by atoms with Crippen LogP contribution in [-0.4, -0.2) is 0 Å². The van der Waals surface area contributed by atoms with Crippen molar-refractivity contribution in [2.24, 2.45) is 0 Å². The molecule has 10 aromatic carbocycles. The van der Waals surface area contributed by atoms with Gasteiger partial charge in [-0.1, -0.05) is 103 Å². The van der Waals surface area contributed by atoms with Gasteiger partial charge in [0.1, 0.15) is 5.58 Å². The van der Waals surface area contributed by atoms with Crippen LogP contribution in [0.3, 0.4) is 0 Å². The zero-order valence-corrected chi connectivity index (χ0v) is 37.8. The first-order chi connectivity index (χ1) is 32.7. The predicted molar refractivity (Wildman–Crippen MR) is 287 cm³/mol. The van der Waals surface area contributed by atoms with E-state index in [1.165, 1.54) is 66.1 Å². The average molecular weight is 897 g/mol. The minimum absolute atomic E-state index is 0.830. The van der Waals surface area contributed by atoms with E-state index < -0.39 is 0 Å². The van der Waals surface area contributed by atoms with Gasteiger partial charge in [-0.05, 0) is 126 Å². The van der Waals surface area contributed by atoms with E-state index in [1.807, 2.05) is 34.0 Å². The summed E-state index contributed by atoms with van der Waals surface area (Å²) in [7, 11) is 0. The molecule has 0 spiro atoms. The van der Waals surface area contributed by atoms with Gasteiger partial charge in [0, 0.05) is 99.7 Å². The van der Waals surface area contributed by atoms with Gasteiger partial charge in [-0.2, -0.15) is 0 Å². The van der Waals surface area contributed by atoms with Gasteiger partial charge in [0.05, 0.1) is 5.69 Å². The SMILES string of the molecule is c1ccc(N(c2ccc3sc4ccccc4c3c2)c2cc(N(c3ccccc3)c3ccc4sc5ccccc5c4c3)c3oc4ccc(-c5ccc6sc7ccccc7c6c5)cc4c3c2)cc1. The highest BCUT2D eigenvalue weighted by atomic mass is 32.1. The van der Waals surface area contributed by atoms with Crippen LogP contribution in [0.2, 0.25) is 0 Å². The van der Waals surface area contributed by atoms with Crippen LogP contribution in [0.4, 0.5) is 34.1 Å². The number of furan rings is 1. The fraction of sp³-hybridized carbons (Fsp3) is 0. The van der Waals surface area contributed by atoms with Gasteiger partial charge < -0.3 is 14.2 Å². The Balaban J connectivity index is 1.05. The van der Waals surface area contributed by atoms with E-state index in [4.69, 9.17) is 4.42 Å². The lowest BCUT2D eigenvalue weighted by molar-refractivity contribution is 0.669. The minimum atomic E-state index is 0.830. The molecule has 14 aromatic rings. The maximum absolute atomic E-state index is 7.14. The zero-order chi connectivity index (χ0) is 43.3. The van der Waals surface area contributed by atoms with Crippen LogP contribution in [0, 0.1) is 0 Å². The Morgan fingerprint density at radius 3 is 1.27 bits per heavy atom. The van der Waals surface area contributed by atoms with Crippen molar-refractivity contribution in [3.63, 3.8) is 0 Å². The van der Waals surface area contributed by atoms with Gasteiger partial charge in [0.2, 0.25) is 0 Å². The molecule has 14 rings (SSSR count). The normalized spacial score (nSPS) is 11.9. The van der Waals surface area contributed by atoms with Crippen molar-refractivity contribution in [1.82, 2.24) is 0 Å². The highest BCUT2D eigenvalue weighted by molar-refractivity contribution is 7.26. The maximum atomic E-state index is 7.14. The molecule has 4 aromatic heterocycles. The molecule has 0 N–H and O–H groups in total.